The van der Waals surface area contributed by atoms with Gasteiger partial charge in [-0.3, -0.25) is 4.79 Å². The summed E-state index contributed by atoms with van der Waals surface area (Å²) in [6.07, 6.45) is -3.89. The molecule has 0 radical (unpaired) electrons. The van der Waals surface area contributed by atoms with Crippen molar-refractivity contribution < 1.29 is 27.4 Å². The predicted octanol–water partition coefficient (Wildman–Crippen LogP) is 4.29. The molecule has 1 N–H and O–H groups in total. The molecule has 7 heteroatoms. The molecule has 2 aromatic rings. The van der Waals surface area contributed by atoms with Gasteiger partial charge in [-0.25, -0.2) is 0 Å². The van der Waals surface area contributed by atoms with Gasteiger partial charge in [0.1, 0.15) is 0 Å². The number of rotatable bonds is 6. The lowest BCUT2D eigenvalue weighted by Gasteiger charge is -2.11. The molecule has 0 saturated carbocycles. The smallest absolute Gasteiger partial charge is 0.416 e. The van der Waals surface area contributed by atoms with Gasteiger partial charge >= 0.3 is 6.18 Å². The molecule has 0 aliphatic rings. The fourth-order valence-corrected chi connectivity index (χ4v) is 2.29. The van der Waals surface area contributed by atoms with Crippen LogP contribution in [0, 0.1) is 0 Å². The molecule has 0 aromatic heterocycles. The molecule has 134 valence electrons. The first-order valence-electron chi connectivity index (χ1n) is 7.51. The van der Waals surface area contributed by atoms with Gasteiger partial charge in [0.2, 0.25) is 5.91 Å². The Kier molecular flexibility index (Phi) is 5.90. The molecule has 1 amide bonds. The van der Waals surface area contributed by atoms with Gasteiger partial charge in [0, 0.05) is 12.1 Å². The highest BCUT2D eigenvalue weighted by Crippen LogP contribution is 2.31. The Morgan fingerprint density at radius 2 is 1.76 bits per heavy atom. The zero-order valence-corrected chi connectivity index (χ0v) is 13.8. The number of methoxy groups -OCH3 is 2. The van der Waals surface area contributed by atoms with Crippen molar-refractivity contribution in [1.29, 1.82) is 0 Å². The molecular weight excluding hydrogens is 335 g/mol. The van der Waals surface area contributed by atoms with E-state index in [9.17, 15) is 18.0 Å². The Labute approximate surface area is 143 Å². The summed E-state index contributed by atoms with van der Waals surface area (Å²) in [5.41, 5.74) is 0.175. The van der Waals surface area contributed by atoms with Crippen LogP contribution in [0.3, 0.4) is 0 Å². The van der Waals surface area contributed by atoms with Crippen LogP contribution in [-0.2, 0) is 17.4 Å². The Balaban J connectivity index is 1.97. The number of nitrogens with one attached hydrogen (secondary N) is 1. The molecule has 0 aliphatic heterocycles. The third-order valence-corrected chi connectivity index (χ3v) is 3.56. The summed E-state index contributed by atoms with van der Waals surface area (Å²) < 4.78 is 48.4. The summed E-state index contributed by atoms with van der Waals surface area (Å²) in [5, 5.41) is 2.48. The van der Waals surface area contributed by atoms with Crippen LogP contribution in [0.5, 0.6) is 11.5 Å². The van der Waals surface area contributed by atoms with Crippen LogP contribution in [0.15, 0.2) is 42.5 Å². The molecular formula is C18H18F3NO3. The zero-order valence-electron chi connectivity index (χ0n) is 13.8. The van der Waals surface area contributed by atoms with Gasteiger partial charge in [-0.05, 0) is 42.3 Å². The summed E-state index contributed by atoms with van der Waals surface area (Å²) in [6, 6.07) is 9.85. The number of benzene rings is 2. The molecule has 0 saturated heterocycles. The van der Waals surface area contributed by atoms with Crippen molar-refractivity contribution in [2.24, 2.45) is 0 Å². The van der Waals surface area contributed by atoms with Crippen LogP contribution in [0.25, 0.3) is 0 Å². The van der Waals surface area contributed by atoms with Crippen LogP contribution >= 0.6 is 0 Å². The lowest BCUT2D eigenvalue weighted by atomic mass is 10.1. The van der Waals surface area contributed by atoms with Crippen molar-refractivity contribution in [2.75, 3.05) is 19.5 Å². The van der Waals surface area contributed by atoms with E-state index in [1.807, 2.05) is 0 Å². The maximum absolute atomic E-state index is 12.7. The number of carbonyl (C=O) groups excluding carboxylic acids is 1. The Morgan fingerprint density at radius 3 is 2.40 bits per heavy atom. The minimum atomic E-state index is -4.44. The third kappa shape index (κ3) is 5.14. The second-order valence-electron chi connectivity index (χ2n) is 5.32. The highest BCUT2D eigenvalue weighted by Gasteiger charge is 2.30. The number of carbonyl (C=O) groups is 1. The van der Waals surface area contributed by atoms with Gasteiger partial charge in [-0.2, -0.15) is 13.2 Å². The van der Waals surface area contributed by atoms with Gasteiger partial charge in [-0.15, -0.1) is 0 Å². The van der Waals surface area contributed by atoms with Crippen molar-refractivity contribution in [3.63, 3.8) is 0 Å². The summed E-state index contributed by atoms with van der Waals surface area (Å²) in [7, 11) is 3.04. The van der Waals surface area contributed by atoms with Gasteiger partial charge < -0.3 is 14.8 Å². The normalized spacial score (nSPS) is 11.1. The van der Waals surface area contributed by atoms with E-state index in [0.29, 0.717) is 17.9 Å². The average Bonchev–Trinajstić information content (AvgIpc) is 2.59. The largest absolute Gasteiger partial charge is 0.493 e. The highest BCUT2D eigenvalue weighted by atomic mass is 19.4. The minimum Gasteiger partial charge on any atom is -0.493 e. The molecule has 25 heavy (non-hydrogen) atoms. The zero-order chi connectivity index (χ0) is 18.4. The molecule has 2 aromatic carbocycles. The molecule has 0 spiro atoms. The highest BCUT2D eigenvalue weighted by molar-refractivity contribution is 5.90. The van der Waals surface area contributed by atoms with Crippen molar-refractivity contribution in [2.45, 2.75) is 19.0 Å². The van der Waals surface area contributed by atoms with Gasteiger partial charge in [0.05, 0.1) is 19.8 Å². The molecule has 0 heterocycles. The minimum absolute atomic E-state index is 0.118. The molecule has 0 unspecified atom stereocenters. The van der Waals surface area contributed by atoms with Crippen LogP contribution in [-0.4, -0.2) is 20.1 Å². The SMILES string of the molecule is COc1ccc(CCC(=O)Nc2cccc(C(F)(F)F)c2)cc1OC. The Morgan fingerprint density at radius 1 is 1.04 bits per heavy atom. The molecule has 0 fully saturated rings. The van der Waals surface area contributed by atoms with Crippen LogP contribution in [0.2, 0.25) is 0 Å². The number of hydrogen-bond acceptors (Lipinski definition) is 3. The first-order chi connectivity index (χ1) is 11.8. The number of alkyl halides is 3. The van der Waals surface area contributed by atoms with Gasteiger partial charge in [0.25, 0.3) is 0 Å². The Hall–Kier alpha value is -2.70. The third-order valence-electron chi connectivity index (χ3n) is 3.56. The van der Waals surface area contributed by atoms with E-state index < -0.39 is 11.7 Å². The number of anilines is 1. The molecule has 4 nitrogen and oxygen atoms in total. The lowest BCUT2D eigenvalue weighted by Crippen LogP contribution is -2.13. The monoisotopic (exact) mass is 353 g/mol. The summed E-state index contributed by atoms with van der Waals surface area (Å²) in [5.74, 6) is 0.770. The number of aryl methyl sites for hydroxylation is 1. The van der Waals surface area contributed by atoms with Crippen molar-refractivity contribution in [3.05, 3.63) is 53.6 Å². The van der Waals surface area contributed by atoms with E-state index in [2.05, 4.69) is 5.32 Å². The molecule has 0 bridgehead atoms. The van der Waals surface area contributed by atoms with Crippen molar-refractivity contribution >= 4 is 11.6 Å². The van der Waals surface area contributed by atoms with E-state index in [-0.39, 0.29) is 18.0 Å². The van der Waals surface area contributed by atoms with E-state index in [1.54, 1.807) is 18.2 Å². The summed E-state index contributed by atoms with van der Waals surface area (Å²) >= 11 is 0. The van der Waals surface area contributed by atoms with E-state index >= 15 is 0 Å². The quantitative estimate of drug-likeness (QED) is 0.843. The van der Waals surface area contributed by atoms with Gasteiger partial charge in [-0.1, -0.05) is 12.1 Å². The van der Waals surface area contributed by atoms with Crippen molar-refractivity contribution in [1.82, 2.24) is 0 Å². The maximum Gasteiger partial charge on any atom is 0.416 e. The predicted molar refractivity (Wildman–Crippen MR) is 87.9 cm³/mol. The fraction of sp³-hybridized carbons (Fsp3) is 0.278. The van der Waals surface area contributed by atoms with E-state index in [0.717, 1.165) is 17.7 Å². The average molecular weight is 353 g/mol. The van der Waals surface area contributed by atoms with Crippen LogP contribution in [0.4, 0.5) is 18.9 Å². The number of amides is 1. The van der Waals surface area contributed by atoms with Gasteiger partial charge in [0.15, 0.2) is 11.5 Å². The van der Waals surface area contributed by atoms with Crippen LogP contribution in [0.1, 0.15) is 17.5 Å². The maximum atomic E-state index is 12.7. The first kappa shape index (κ1) is 18.6. The number of halogens is 3. The summed E-state index contributed by atoms with van der Waals surface area (Å²) in [6.45, 7) is 0. The van der Waals surface area contributed by atoms with Crippen LogP contribution < -0.4 is 14.8 Å². The van der Waals surface area contributed by atoms with E-state index in [1.165, 1.54) is 26.4 Å². The lowest BCUT2D eigenvalue weighted by molar-refractivity contribution is -0.137. The molecule has 0 aliphatic carbocycles. The first-order valence-corrected chi connectivity index (χ1v) is 7.51. The summed E-state index contributed by atoms with van der Waals surface area (Å²) in [4.78, 5) is 12.0. The Bertz CT molecular complexity index is 745. The molecule has 0 atom stereocenters. The topological polar surface area (TPSA) is 47.6 Å². The fourth-order valence-electron chi connectivity index (χ4n) is 2.29. The van der Waals surface area contributed by atoms with Crippen molar-refractivity contribution in [3.8, 4) is 11.5 Å². The standard InChI is InChI=1S/C18H18F3NO3/c1-24-15-8-6-12(10-16(15)25-2)7-9-17(23)22-14-5-3-4-13(11-14)18(19,20)21/h3-6,8,10-11H,7,9H2,1-2H3,(H,22,23). The van der Waals surface area contributed by atoms with E-state index in [4.69, 9.17) is 9.47 Å². The second-order valence-corrected chi connectivity index (χ2v) is 5.32. The number of ether oxygens (including phenoxy) is 2. The molecule has 2 rings (SSSR count). The second kappa shape index (κ2) is 7.92. The number of hydrogen-bond donors (Lipinski definition) is 1.